The first-order chi connectivity index (χ1) is 14.7. The Morgan fingerprint density at radius 2 is 1.47 bits per heavy atom. The third kappa shape index (κ3) is 3.82. The average Bonchev–Trinajstić information content (AvgIpc) is 3.48. The molecule has 4 heterocycles. The summed E-state index contributed by atoms with van der Waals surface area (Å²) in [5.74, 6) is 2.28. The van der Waals surface area contributed by atoms with E-state index < -0.39 is 0 Å². The van der Waals surface area contributed by atoms with Crippen molar-refractivity contribution in [2.24, 2.45) is 11.8 Å². The maximum atomic E-state index is 13.1. The third-order valence-electron chi connectivity index (χ3n) is 7.33. The quantitative estimate of drug-likeness (QED) is 0.845. The molecule has 160 valence electrons. The Morgan fingerprint density at radius 3 is 2.10 bits per heavy atom. The average molecular weight is 410 g/mol. The smallest absolute Gasteiger partial charge is 0.225 e. The minimum atomic E-state index is 0.0737. The van der Waals surface area contributed by atoms with Gasteiger partial charge < -0.3 is 14.8 Å². The van der Waals surface area contributed by atoms with Crippen LogP contribution in [0.2, 0.25) is 0 Å². The van der Waals surface area contributed by atoms with Gasteiger partial charge in [0, 0.05) is 50.1 Å². The zero-order valence-corrected chi connectivity index (χ0v) is 17.6. The molecule has 0 unspecified atom stereocenters. The molecule has 2 aliphatic heterocycles. The van der Waals surface area contributed by atoms with Crippen LogP contribution in [-0.4, -0.2) is 62.7 Å². The molecule has 3 aliphatic rings. The number of carbonyl (C=O) groups is 2. The molecular weight excluding hydrogens is 378 g/mol. The maximum absolute atomic E-state index is 13.1. The van der Waals surface area contributed by atoms with E-state index in [1.165, 1.54) is 12.8 Å². The number of H-pyrrole nitrogens is 1. The van der Waals surface area contributed by atoms with Crippen LogP contribution in [0.1, 0.15) is 63.1 Å². The Balaban J connectivity index is 1.12. The van der Waals surface area contributed by atoms with Crippen molar-refractivity contribution in [3.05, 3.63) is 24.2 Å². The lowest BCUT2D eigenvalue weighted by molar-refractivity contribution is -0.143. The number of likely N-dealkylation sites (tertiary alicyclic amines) is 2. The highest BCUT2D eigenvalue weighted by molar-refractivity contribution is 5.81. The maximum Gasteiger partial charge on any atom is 0.225 e. The number of imidazole rings is 1. The Morgan fingerprint density at radius 1 is 0.867 bits per heavy atom. The van der Waals surface area contributed by atoms with Crippen molar-refractivity contribution in [2.75, 3.05) is 26.2 Å². The standard InChI is InChI=1S/C23H31N5O2/c29-22(17-4-1-2-5-17)28-14-9-18(10-15-28)23(30)27-12-7-16(8-13-27)20-25-19-6-3-11-24-21(19)26-20/h3,6,11,16-18H,1-2,4-5,7-10,12-15H2,(H,24,25,26). The number of piperidine rings is 2. The van der Waals surface area contributed by atoms with Crippen LogP contribution in [0.4, 0.5) is 0 Å². The molecule has 2 saturated heterocycles. The van der Waals surface area contributed by atoms with E-state index in [0.717, 1.165) is 81.7 Å². The molecule has 5 rings (SSSR count). The van der Waals surface area contributed by atoms with Crippen LogP contribution in [0.15, 0.2) is 18.3 Å². The van der Waals surface area contributed by atoms with Gasteiger partial charge in [-0.25, -0.2) is 9.97 Å². The van der Waals surface area contributed by atoms with Gasteiger partial charge >= 0.3 is 0 Å². The second-order valence-corrected chi connectivity index (χ2v) is 9.18. The lowest BCUT2D eigenvalue weighted by Gasteiger charge is -2.37. The molecule has 2 amide bonds. The van der Waals surface area contributed by atoms with Crippen molar-refractivity contribution >= 4 is 23.0 Å². The molecule has 1 aliphatic carbocycles. The fraction of sp³-hybridized carbons (Fsp3) is 0.652. The van der Waals surface area contributed by atoms with Gasteiger partial charge in [0.05, 0.1) is 5.52 Å². The van der Waals surface area contributed by atoms with E-state index in [-0.39, 0.29) is 17.7 Å². The van der Waals surface area contributed by atoms with E-state index in [4.69, 9.17) is 0 Å². The molecule has 1 N–H and O–H groups in total. The van der Waals surface area contributed by atoms with Crippen LogP contribution in [0.5, 0.6) is 0 Å². The molecule has 7 nitrogen and oxygen atoms in total. The summed E-state index contributed by atoms with van der Waals surface area (Å²) in [5.41, 5.74) is 1.75. The molecule has 0 bridgehead atoms. The van der Waals surface area contributed by atoms with Gasteiger partial charge in [0.1, 0.15) is 5.82 Å². The van der Waals surface area contributed by atoms with Gasteiger partial charge in [0.15, 0.2) is 5.65 Å². The first-order valence-electron chi connectivity index (χ1n) is 11.6. The number of carbonyl (C=O) groups excluding carboxylic acids is 2. The summed E-state index contributed by atoms with van der Waals surface area (Å²) in [6, 6.07) is 3.92. The van der Waals surface area contributed by atoms with Crippen molar-refractivity contribution in [3.8, 4) is 0 Å². The highest BCUT2D eigenvalue weighted by Gasteiger charge is 2.35. The Kier molecular flexibility index (Phi) is 5.44. The monoisotopic (exact) mass is 409 g/mol. The second-order valence-electron chi connectivity index (χ2n) is 9.18. The largest absolute Gasteiger partial charge is 0.342 e. The summed E-state index contributed by atoms with van der Waals surface area (Å²) in [6.45, 7) is 3.06. The zero-order valence-electron chi connectivity index (χ0n) is 17.6. The van der Waals surface area contributed by atoms with Gasteiger partial charge in [-0.1, -0.05) is 12.8 Å². The molecule has 0 spiro atoms. The summed E-state index contributed by atoms with van der Waals surface area (Å²) in [6.07, 6.45) is 9.73. The molecule has 0 aromatic carbocycles. The molecule has 7 heteroatoms. The van der Waals surface area contributed by atoms with Gasteiger partial charge in [-0.15, -0.1) is 0 Å². The topological polar surface area (TPSA) is 82.2 Å². The molecule has 30 heavy (non-hydrogen) atoms. The Bertz CT molecular complexity index is 870. The predicted molar refractivity (Wildman–Crippen MR) is 114 cm³/mol. The molecule has 2 aromatic heterocycles. The number of rotatable bonds is 3. The number of pyridine rings is 1. The van der Waals surface area contributed by atoms with Gasteiger partial charge in [0.2, 0.25) is 11.8 Å². The zero-order chi connectivity index (χ0) is 20.5. The van der Waals surface area contributed by atoms with E-state index in [0.29, 0.717) is 11.8 Å². The first-order valence-corrected chi connectivity index (χ1v) is 11.6. The molecule has 0 atom stereocenters. The Labute approximate surface area is 177 Å². The Hall–Kier alpha value is -2.44. The summed E-state index contributed by atoms with van der Waals surface area (Å²) >= 11 is 0. The number of nitrogens with zero attached hydrogens (tertiary/aromatic N) is 4. The lowest BCUT2D eigenvalue weighted by atomic mass is 9.91. The van der Waals surface area contributed by atoms with E-state index >= 15 is 0 Å². The van der Waals surface area contributed by atoms with E-state index in [9.17, 15) is 9.59 Å². The molecule has 0 radical (unpaired) electrons. The summed E-state index contributed by atoms with van der Waals surface area (Å²) in [7, 11) is 0. The molecular formula is C23H31N5O2. The van der Waals surface area contributed by atoms with E-state index in [1.54, 1.807) is 6.20 Å². The third-order valence-corrected chi connectivity index (χ3v) is 7.33. The van der Waals surface area contributed by atoms with Crippen molar-refractivity contribution in [2.45, 2.75) is 57.3 Å². The van der Waals surface area contributed by atoms with E-state index in [2.05, 4.69) is 15.0 Å². The van der Waals surface area contributed by atoms with Crippen molar-refractivity contribution < 1.29 is 9.59 Å². The van der Waals surface area contributed by atoms with Crippen LogP contribution in [0.25, 0.3) is 11.2 Å². The highest BCUT2D eigenvalue weighted by Crippen LogP contribution is 2.31. The fourth-order valence-corrected chi connectivity index (χ4v) is 5.47. The summed E-state index contributed by atoms with van der Waals surface area (Å²) in [4.78, 5) is 42.1. The lowest BCUT2D eigenvalue weighted by Crippen LogP contribution is -2.47. The molecule has 1 saturated carbocycles. The van der Waals surface area contributed by atoms with Crippen LogP contribution < -0.4 is 0 Å². The minimum Gasteiger partial charge on any atom is -0.342 e. The minimum absolute atomic E-state index is 0.0737. The normalized spacial score (nSPS) is 22.1. The van der Waals surface area contributed by atoms with Crippen molar-refractivity contribution in [3.63, 3.8) is 0 Å². The number of aromatic amines is 1. The van der Waals surface area contributed by atoms with Crippen molar-refractivity contribution in [1.29, 1.82) is 0 Å². The number of hydrogen-bond acceptors (Lipinski definition) is 4. The second kappa shape index (κ2) is 8.36. The summed E-state index contributed by atoms with van der Waals surface area (Å²) in [5, 5.41) is 0. The predicted octanol–water partition coefficient (Wildman–Crippen LogP) is 3.09. The number of hydrogen-bond donors (Lipinski definition) is 1. The summed E-state index contributed by atoms with van der Waals surface area (Å²) < 4.78 is 0. The van der Waals surface area contributed by atoms with Crippen LogP contribution in [0, 0.1) is 11.8 Å². The number of amides is 2. The van der Waals surface area contributed by atoms with Crippen LogP contribution in [-0.2, 0) is 9.59 Å². The van der Waals surface area contributed by atoms with Crippen LogP contribution in [0.3, 0.4) is 0 Å². The molecule has 3 fully saturated rings. The van der Waals surface area contributed by atoms with Gasteiger partial charge in [0.25, 0.3) is 0 Å². The van der Waals surface area contributed by atoms with Crippen molar-refractivity contribution in [1.82, 2.24) is 24.8 Å². The molecule has 2 aromatic rings. The SMILES string of the molecule is O=C(C1CCCC1)N1CCC(C(=O)N2CCC(c3nc4ncccc4[nH]3)CC2)CC1. The van der Waals surface area contributed by atoms with Gasteiger partial charge in [-0.2, -0.15) is 0 Å². The number of nitrogens with one attached hydrogen (secondary N) is 1. The highest BCUT2D eigenvalue weighted by atomic mass is 16.2. The first kappa shape index (κ1) is 19.5. The van der Waals surface area contributed by atoms with Gasteiger partial charge in [-0.05, 0) is 50.7 Å². The van der Waals surface area contributed by atoms with E-state index in [1.807, 2.05) is 21.9 Å². The number of aromatic nitrogens is 3. The fourth-order valence-electron chi connectivity index (χ4n) is 5.47. The van der Waals surface area contributed by atoms with Crippen LogP contribution >= 0.6 is 0 Å². The number of fused-ring (bicyclic) bond motifs is 1. The van der Waals surface area contributed by atoms with Gasteiger partial charge in [-0.3, -0.25) is 9.59 Å².